The number of nitrogens with zero attached hydrogens (tertiary/aromatic N) is 1. The Balaban J connectivity index is 1.89. The van der Waals surface area contributed by atoms with Crippen molar-refractivity contribution in [2.75, 3.05) is 11.9 Å². The van der Waals surface area contributed by atoms with Crippen molar-refractivity contribution in [2.45, 2.75) is 31.9 Å². The van der Waals surface area contributed by atoms with Crippen molar-refractivity contribution >= 4 is 22.6 Å². The Morgan fingerprint density at radius 3 is 2.78 bits per heavy atom. The van der Waals surface area contributed by atoms with Crippen LogP contribution in [-0.2, 0) is 17.6 Å². The number of hydrogen-bond donors (Lipinski definition) is 1. The average molecular weight is 280 g/mol. The minimum Gasteiger partial charge on any atom is -0.440 e. The van der Waals surface area contributed by atoms with Gasteiger partial charge in [0.2, 0.25) is 0 Å². The quantitative estimate of drug-likeness (QED) is 0.905. The number of rotatable bonds is 2. The summed E-state index contributed by atoms with van der Waals surface area (Å²) in [6, 6.07) is 0. The number of anilines is 1. The lowest BCUT2D eigenvalue weighted by molar-refractivity contribution is -0.159. The molecule has 100 valence electrons. The zero-order valence-electron chi connectivity index (χ0n) is 9.34. The van der Waals surface area contributed by atoms with E-state index in [1.165, 1.54) is 11.3 Å². The summed E-state index contributed by atoms with van der Waals surface area (Å²) in [5.74, 6) is 0. The first-order valence-corrected chi connectivity index (χ1v) is 6.25. The van der Waals surface area contributed by atoms with Crippen molar-refractivity contribution in [3.63, 3.8) is 0 Å². The topological polar surface area (TPSA) is 51.2 Å². The largest absolute Gasteiger partial charge is 0.440 e. The van der Waals surface area contributed by atoms with Gasteiger partial charge in [0.1, 0.15) is 0 Å². The first kappa shape index (κ1) is 13.1. The molecule has 0 atom stereocenters. The number of nitrogens with one attached hydrogen (secondary N) is 1. The van der Waals surface area contributed by atoms with E-state index in [-0.39, 0.29) is 0 Å². The van der Waals surface area contributed by atoms with Gasteiger partial charge in [-0.3, -0.25) is 5.32 Å². The zero-order valence-corrected chi connectivity index (χ0v) is 10.2. The number of hydrogen-bond acceptors (Lipinski definition) is 4. The molecule has 0 aliphatic heterocycles. The lowest BCUT2D eigenvalue weighted by atomic mass is 10.0. The van der Waals surface area contributed by atoms with Crippen molar-refractivity contribution in [3.05, 3.63) is 10.6 Å². The summed E-state index contributed by atoms with van der Waals surface area (Å²) in [6.07, 6.45) is -1.75. The van der Waals surface area contributed by atoms with E-state index in [1.807, 2.05) is 0 Å². The normalized spacial score (nSPS) is 15.1. The summed E-state index contributed by atoms with van der Waals surface area (Å²) in [7, 11) is 0. The van der Waals surface area contributed by atoms with Gasteiger partial charge in [0.05, 0.1) is 5.69 Å². The Kier molecular flexibility index (Phi) is 3.74. The molecule has 1 heterocycles. The molecule has 0 aromatic carbocycles. The maximum absolute atomic E-state index is 11.8. The van der Waals surface area contributed by atoms with Gasteiger partial charge in [-0.05, 0) is 25.7 Å². The highest BCUT2D eigenvalue weighted by Gasteiger charge is 2.29. The Labute approximate surface area is 105 Å². The van der Waals surface area contributed by atoms with Gasteiger partial charge in [0.15, 0.2) is 11.7 Å². The highest BCUT2D eigenvalue weighted by molar-refractivity contribution is 7.15. The van der Waals surface area contributed by atoms with Crippen LogP contribution in [0.1, 0.15) is 23.4 Å². The van der Waals surface area contributed by atoms with E-state index in [0.717, 1.165) is 36.3 Å². The van der Waals surface area contributed by atoms with Gasteiger partial charge in [-0.1, -0.05) is 0 Å². The van der Waals surface area contributed by atoms with E-state index in [0.29, 0.717) is 5.13 Å². The summed E-state index contributed by atoms with van der Waals surface area (Å²) < 4.78 is 39.5. The van der Waals surface area contributed by atoms with Crippen molar-refractivity contribution < 1.29 is 22.7 Å². The van der Waals surface area contributed by atoms with Crippen LogP contribution in [0.2, 0.25) is 0 Å². The molecule has 1 aromatic rings. The number of ether oxygens (including phenoxy) is 1. The molecule has 1 aliphatic carbocycles. The van der Waals surface area contributed by atoms with Crippen LogP contribution in [-0.4, -0.2) is 23.9 Å². The number of amides is 1. The SMILES string of the molecule is O=C(Nc1nc2c(s1)CCCC2)OCC(F)(F)F. The number of fused-ring (bicyclic) bond motifs is 1. The predicted octanol–water partition coefficient (Wildman–Crippen LogP) is 3.13. The van der Waals surface area contributed by atoms with Crippen LogP contribution in [0.4, 0.5) is 23.1 Å². The van der Waals surface area contributed by atoms with Crippen LogP contribution in [0.3, 0.4) is 0 Å². The molecule has 0 fully saturated rings. The van der Waals surface area contributed by atoms with E-state index < -0.39 is 18.9 Å². The minimum absolute atomic E-state index is 0.300. The van der Waals surface area contributed by atoms with Crippen molar-refractivity contribution in [3.8, 4) is 0 Å². The third kappa shape index (κ3) is 3.59. The maximum atomic E-state index is 11.8. The number of thiazole rings is 1. The number of alkyl halides is 3. The van der Waals surface area contributed by atoms with Crippen LogP contribution in [0.25, 0.3) is 0 Å². The summed E-state index contributed by atoms with van der Waals surface area (Å²) in [6.45, 7) is -1.59. The zero-order chi connectivity index (χ0) is 13.2. The number of aromatic nitrogens is 1. The highest BCUT2D eigenvalue weighted by Crippen LogP contribution is 2.29. The first-order valence-electron chi connectivity index (χ1n) is 5.43. The maximum Gasteiger partial charge on any atom is 0.422 e. The molecule has 18 heavy (non-hydrogen) atoms. The minimum atomic E-state index is -4.51. The standard InChI is InChI=1S/C10H11F3N2O2S/c11-10(12,13)5-17-9(16)15-8-14-6-3-1-2-4-7(6)18-8/h1-5H2,(H,14,15,16). The van der Waals surface area contributed by atoms with Crippen molar-refractivity contribution in [1.82, 2.24) is 4.98 Å². The molecule has 1 aromatic heterocycles. The van der Waals surface area contributed by atoms with Gasteiger partial charge in [0.25, 0.3) is 0 Å². The lowest BCUT2D eigenvalue weighted by Crippen LogP contribution is -2.23. The third-order valence-corrected chi connectivity index (χ3v) is 3.49. The van der Waals surface area contributed by atoms with E-state index in [9.17, 15) is 18.0 Å². The molecule has 0 radical (unpaired) electrons. The number of carbonyl (C=O) groups excluding carboxylic acids is 1. The summed E-state index contributed by atoms with van der Waals surface area (Å²) in [5, 5.41) is 2.52. The Morgan fingerprint density at radius 2 is 2.11 bits per heavy atom. The van der Waals surface area contributed by atoms with E-state index in [2.05, 4.69) is 15.0 Å². The third-order valence-electron chi connectivity index (χ3n) is 2.42. The van der Waals surface area contributed by atoms with Crippen molar-refractivity contribution in [1.29, 1.82) is 0 Å². The summed E-state index contributed by atoms with van der Waals surface area (Å²) >= 11 is 1.29. The molecule has 2 rings (SSSR count). The van der Waals surface area contributed by atoms with Crippen LogP contribution in [0.15, 0.2) is 0 Å². The van der Waals surface area contributed by atoms with Crippen LogP contribution in [0.5, 0.6) is 0 Å². The molecule has 0 unspecified atom stereocenters. The molecule has 1 amide bonds. The number of carbonyl (C=O) groups is 1. The smallest absolute Gasteiger partial charge is 0.422 e. The molecule has 1 aliphatic rings. The second kappa shape index (κ2) is 5.13. The second-order valence-electron chi connectivity index (χ2n) is 3.91. The van der Waals surface area contributed by atoms with Crippen LogP contribution in [0, 0.1) is 0 Å². The van der Waals surface area contributed by atoms with Gasteiger partial charge < -0.3 is 4.74 Å². The Bertz CT molecular complexity index is 421. The summed E-state index contributed by atoms with van der Waals surface area (Å²) in [5.41, 5.74) is 0.928. The second-order valence-corrected chi connectivity index (χ2v) is 5.00. The van der Waals surface area contributed by atoms with Gasteiger partial charge >= 0.3 is 12.3 Å². The molecule has 0 bridgehead atoms. The highest BCUT2D eigenvalue weighted by atomic mass is 32.1. The van der Waals surface area contributed by atoms with Crippen LogP contribution < -0.4 is 5.32 Å². The molecular formula is C10H11F3N2O2S. The fourth-order valence-electron chi connectivity index (χ4n) is 1.68. The average Bonchev–Trinajstić information content (AvgIpc) is 2.67. The monoisotopic (exact) mass is 280 g/mol. The summed E-state index contributed by atoms with van der Waals surface area (Å²) in [4.78, 5) is 16.4. The number of aryl methyl sites for hydroxylation is 2. The Hall–Kier alpha value is -1.31. The van der Waals surface area contributed by atoms with E-state index in [1.54, 1.807) is 0 Å². The van der Waals surface area contributed by atoms with Crippen molar-refractivity contribution in [2.24, 2.45) is 0 Å². The predicted molar refractivity (Wildman–Crippen MR) is 59.8 cm³/mol. The molecule has 0 saturated heterocycles. The Morgan fingerprint density at radius 1 is 1.39 bits per heavy atom. The molecule has 8 heteroatoms. The fourth-order valence-corrected chi connectivity index (χ4v) is 2.71. The molecular weight excluding hydrogens is 269 g/mol. The first-order chi connectivity index (χ1) is 8.44. The fraction of sp³-hybridized carbons (Fsp3) is 0.600. The van der Waals surface area contributed by atoms with Gasteiger partial charge in [-0.25, -0.2) is 9.78 Å². The van der Waals surface area contributed by atoms with Crippen LogP contribution >= 0.6 is 11.3 Å². The van der Waals surface area contributed by atoms with Gasteiger partial charge in [-0.15, -0.1) is 11.3 Å². The van der Waals surface area contributed by atoms with E-state index >= 15 is 0 Å². The molecule has 0 saturated carbocycles. The lowest BCUT2D eigenvalue weighted by Gasteiger charge is -2.07. The van der Waals surface area contributed by atoms with E-state index in [4.69, 9.17) is 0 Å². The molecule has 0 spiro atoms. The number of halogens is 3. The van der Waals surface area contributed by atoms with Gasteiger partial charge in [0, 0.05) is 4.88 Å². The molecule has 4 nitrogen and oxygen atoms in total. The van der Waals surface area contributed by atoms with Gasteiger partial charge in [-0.2, -0.15) is 13.2 Å². The molecule has 1 N–H and O–H groups in total.